The molecule has 1 aliphatic rings. The summed E-state index contributed by atoms with van der Waals surface area (Å²) >= 11 is 0. The van der Waals surface area contributed by atoms with Gasteiger partial charge in [-0.15, -0.1) is 0 Å². The van der Waals surface area contributed by atoms with Gasteiger partial charge in [-0.1, -0.05) is 43.8 Å². The number of carbonyl (C=O) groups excluding carboxylic acids is 3. The summed E-state index contributed by atoms with van der Waals surface area (Å²) in [6.45, 7) is 5.17. The van der Waals surface area contributed by atoms with E-state index < -0.39 is 5.54 Å². The molecule has 0 aliphatic heterocycles. The smallest absolute Gasteiger partial charge is 0.227 e. The van der Waals surface area contributed by atoms with Crippen LogP contribution in [-0.2, 0) is 26.3 Å². The molecule has 9 heteroatoms. The number of nitrogens with one attached hydrogen (secondary N) is 3. The van der Waals surface area contributed by atoms with Crippen LogP contribution in [0.2, 0.25) is 0 Å². The number of aromatic nitrogens is 2. The van der Waals surface area contributed by atoms with Gasteiger partial charge in [0.2, 0.25) is 23.6 Å². The molecule has 1 heterocycles. The largest absolute Gasteiger partial charge is 0.343 e. The lowest BCUT2D eigenvalue weighted by molar-refractivity contribution is -0.121. The number of hydrogen-bond donors (Lipinski definition) is 3. The van der Waals surface area contributed by atoms with E-state index in [1.807, 2.05) is 13.0 Å². The number of nitrogens with zero attached hydrogens (tertiary/aromatic N) is 2. The van der Waals surface area contributed by atoms with Gasteiger partial charge in [0.15, 0.2) is 5.82 Å². The second kappa shape index (κ2) is 11.1. The van der Waals surface area contributed by atoms with Crippen LogP contribution in [0.15, 0.2) is 22.7 Å². The third-order valence-corrected chi connectivity index (χ3v) is 5.95. The molecule has 1 aromatic carbocycles. The second-order valence-electron chi connectivity index (χ2n) is 8.67. The summed E-state index contributed by atoms with van der Waals surface area (Å²) < 4.78 is 5.42. The van der Waals surface area contributed by atoms with E-state index in [0.717, 1.165) is 44.1 Å². The first kappa shape index (κ1) is 24.4. The van der Waals surface area contributed by atoms with Gasteiger partial charge in [-0.05, 0) is 37.5 Å². The summed E-state index contributed by atoms with van der Waals surface area (Å²) in [6, 6.07) is 5.39. The first-order valence-corrected chi connectivity index (χ1v) is 11.6. The lowest BCUT2D eigenvalue weighted by Crippen LogP contribution is -2.45. The Balaban J connectivity index is 1.63. The van der Waals surface area contributed by atoms with Crippen molar-refractivity contribution in [1.82, 2.24) is 15.5 Å². The Hall–Kier alpha value is -3.23. The number of hydrogen-bond acceptors (Lipinski definition) is 6. The molecule has 3 amide bonds. The average molecular weight is 456 g/mol. The Morgan fingerprint density at radius 3 is 2.45 bits per heavy atom. The van der Waals surface area contributed by atoms with Crippen molar-refractivity contribution in [3.63, 3.8) is 0 Å². The van der Waals surface area contributed by atoms with E-state index in [9.17, 15) is 14.4 Å². The van der Waals surface area contributed by atoms with Crippen molar-refractivity contribution >= 4 is 29.1 Å². The summed E-state index contributed by atoms with van der Waals surface area (Å²) in [6.07, 6.45) is 6.61. The molecule has 0 radical (unpaired) electrons. The van der Waals surface area contributed by atoms with Crippen molar-refractivity contribution in [2.45, 2.75) is 84.1 Å². The third kappa shape index (κ3) is 6.63. The molecule has 3 N–H and O–H groups in total. The third-order valence-electron chi connectivity index (χ3n) is 5.95. The van der Waals surface area contributed by atoms with Crippen LogP contribution in [0.5, 0.6) is 0 Å². The van der Waals surface area contributed by atoms with Crippen LogP contribution in [0, 0.1) is 6.92 Å². The molecule has 0 spiro atoms. The first-order chi connectivity index (χ1) is 15.8. The number of amides is 3. The van der Waals surface area contributed by atoms with Gasteiger partial charge >= 0.3 is 0 Å². The number of anilines is 2. The molecule has 2 aromatic rings. The maximum Gasteiger partial charge on any atom is 0.227 e. The summed E-state index contributed by atoms with van der Waals surface area (Å²) in [7, 11) is 0. The molecule has 9 nitrogen and oxygen atoms in total. The van der Waals surface area contributed by atoms with Crippen LogP contribution in [-0.4, -0.2) is 27.9 Å². The number of benzene rings is 1. The highest BCUT2D eigenvalue weighted by Gasteiger charge is 2.38. The van der Waals surface area contributed by atoms with Crippen molar-refractivity contribution in [3.8, 4) is 0 Å². The molecule has 0 unspecified atom stereocenters. The fourth-order valence-corrected chi connectivity index (χ4v) is 4.14. The van der Waals surface area contributed by atoms with Crippen LogP contribution in [0.1, 0.15) is 82.5 Å². The molecule has 0 atom stereocenters. The Morgan fingerprint density at radius 1 is 1.06 bits per heavy atom. The topological polar surface area (TPSA) is 126 Å². The van der Waals surface area contributed by atoms with Gasteiger partial charge in [0.1, 0.15) is 5.54 Å². The Morgan fingerprint density at radius 2 is 1.79 bits per heavy atom. The quantitative estimate of drug-likeness (QED) is 0.517. The normalized spacial score (nSPS) is 15.4. The van der Waals surface area contributed by atoms with Crippen molar-refractivity contribution < 1.29 is 18.9 Å². The maximum absolute atomic E-state index is 12.5. The number of aryl methyl sites for hydroxylation is 2. The SMILES string of the molecule is CCC(=O)Nc1ccc(C)c(NC(=O)CCc2nc(C3(NC(C)=O)CCCCCC3)no2)c1. The lowest BCUT2D eigenvalue weighted by Gasteiger charge is -2.30. The highest BCUT2D eigenvalue weighted by Crippen LogP contribution is 2.34. The Bertz CT molecular complexity index is 992. The average Bonchev–Trinajstić information content (AvgIpc) is 3.14. The number of carbonyl (C=O) groups is 3. The fourth-order valence-electron chi connectivity index (χ4n) is 4.14. The predicted molar refractivity (Wildman–Crippen MR) is 125 cm³/mol. The molecule has 33 heavy (non-hydrogen) atoms. The van der Waals surface area contributed by atoms with Crippen molar-refractivity contribution in [2.24, 2.45) is 0 Å². The monoisotopic (exact) mass is 455 g/mol. The van der Waals surface area contributed by atoms with E-state index in [1.54, 1.807) is 19.1 Å². The molecule has 178 valence electrons. The molecule has 1 fully saturated rings. The Labute approximate surface area is 194 Å². The minimum absolute atomic E-state index is 0.0889. The van der Waals surface area contributed by atoms with Gasteiger partial charge in [-0.25, -0.2) is 0 Å². The van der Waals surface area contributed by atoms with E-state index >= 15 is 0 Å². The zero-order chi connectivity index (χ0) is 23.8. The molecule has 1 saturated carbocycles. The van der Waals surface area contributed by atoms with Crippen LogP contribution < -0.4 is 16.0 Å². The van der Waals surface area contributed by atoms with Gasteiger partial charge in [-0.3, -0.25) is 14.4 Å². The van der Waals surface area contributed by atoms with Gasteiger partial charge in [0.25, 0.3) is 0 Å². The maximum atomic E-state index is 12.5. The molecule has 0 saturated heterocycles. The molecule has 1 aromatic heterocycles. The zero-order valence-electron chi connectivity index (χ0n) is 19.6. The van der Waals surface area contributed by atoms with E-state index in [-0.39, 0.29) is 24.1 Å². The summed E-state index contributed by atoms with van der Waals surface area (Å²) in [5, 5.41) is 12.9. The summed E-state index contributed by atoms with van der Waals surface area (Å²) in [5.74, 6) is 0.465. The first-order valence-electron chi connectivity index (χ1n) is 11.6. The molecule has 3 rings (SSSR count). The summed E-state index contributed by atoms with van der Waals surface area (Å²) in [5.41, 5.74) is 1.56. The standard InChI is InChI=1S/C24H33N5O4/c1-4-20(31)25-18-10-9-16(2)19(15-18)26-21(32)11-12-22-27-23(29-33-22)24(28-17(3)30)13-7-5-6-8-14-24/h9-10,15H,4-8,11-14H2,1-3H3,(H,25,31)(H,26,32)(H,28,30). The highest BCUT2D eigenvalue weighted by atomic mass is 16.5. The van der Waals surface area contributed by atoms with Crippen LogP contribution in [0.3, 0.4) is 0 Å². The van der Waals surface area contributed by atoms with E-state index in [0.29, 0.717) is 35.9 Å². The Kier molecular flexibility index (Phi) is 8.19. The van der Waals surface area contributed by atoms with Gasteiger partial charge in [-0.2, -0.15) is 4.98 Å². The van der Waals surface area contributed by atoms with Crippen LogP contribution >= 0.6 is 0 Å². The zero-order valence-corrected chi connectivity index (χ0v) is 19.6. The van der Waals surface area contributed by atoms with Crippen LogP contribution in [0.4, 0.5) is 11.4 Å². The fraction of sp³-hybridized carbons (Fsp3) is 0.542. The highest BCUT2D eigenvalue weighted by molar-refractivity contribution is 5.94. The predicted octanol–water partition coefficient (Wildman–Crippen LogP) is 3.98. The van der Waals surface area contributed by atoms with Gasteiger partial charge < -0.3 is 20.5 Å². The summed E-state index contributed by atoms with van der Waals surface area (Å²) in [4.78, 5) is 40.6. The molecular weight excluding hydrogens is 422 g/mol. The minimum atomic E-state index is -0.604. The van der Waals surface area contributed by atoms with Gasteiger partial charge in [0, 0.05) is 37.6 Å². The van der Waals surface area contributed by atoms with Gasteiger partial charge in [0.05, 0.1) is 0 Å². The molecule has 1 aliphatic carbocycles. The number of rotatable bonds is 8. The molecular formula is C24H33N5O4. The van der Waals surface area contributed by atoms with Crippen LogP contribution in [0.25, 0.3) is 0 Å². The minimum Gasteiger partial charge on any atom is -0.343 e. The second-order valence-corrected chi connectivity index (χ2v) is 8.67. The van der Waals surface area contributed by atoms with Crippen molar-refractivity contribution in [1.29, 1.82) is 0 Å². The molecule has 0 bridgehead atoms. The van der Waals surface area contributed by atoms with Crippen molar-refractivity contribution in [3.05, 3.63) is 35.5 Å². The van der Waals surface area contributed by atoms with Crippen molar-refractivity contribution in [2.75, 3.05) is 10.6 Å². The van der Waals surface area contributed by atoms with E-state index in [2.05, 4.69) is 26.1 Å². The van der Waals surface area contributed by atoms with E-state index in [1.165, 1.54) is 6.92 Å². The van der Waals surface area contributed by atoms with E-state index in [4.69, 9.17) is 4.52 Å². The lowest BCUT2D eigenvalue weighted by atomic mass is 9.89.